The molecule has 0 saturated heterocycles. The van der Waals surface area contributed by atoms with Crippen LogP contribution in [0.2, 0.25) is 0 Å². The van der Waals surface area contributed by atoms with Gasteiger partial charge in [-0.2, -0.15) is 0 Å². The van der Waals surface area contributed by atoms with Crippen LogP contribution in [-0.4, -0.2) is 11.5 Å². The van der Waals surface area contributed by atoms with Crippen LogP contribution >= 0.6 is 7.82 Å². The Kier molecular flexibility index (Phi) is 11.1. The van der Waals surface area contributed by atoms with E-state index in [2.05, 4.69) is 6.92 Å². The van der Waals surface area contributed by atoms with Crippen LogP contribution in [0.5, 0.6) is 5.75 Å². The number of benzene rings is 1. The molecule has 20 heavy (non-hydrogen) atoms. The SMILES string of the molecule is CCCCCCCCOP(=O)(O)Oc1ccccc1.[Ni]. The van der Waals surface area contributed by atoms with Gasteiger partial charge in [-0.3, -0.25) is 9.42 Å². The van der Waals surface area contributed by atoms with Gasteiger partial charge < -0.3 is 4.52 Å². The van der Waals surface area contributed by atoms with Crippen molar-refractivity contribution in [2.75, 3.05) is 6.61 Å². The van der Waals surface area contributed by atoms with Crippen molar-refractivity contribution in [3.63, 3.8) is 0 Å². The summed E-state index contributed by atoms with van der Waals surface area (Å²) in [6.07, 6.45) is 6.63. The molecule has 0 aromatic heterocycles. The van der Waals surface area contributed by atoms with Crippen molar-refractivity contribution in [3.05, 3.63) is 30.3 Å². The number of phosphoric acid groups is 1. The molecule has 0 amide bonds. The van der Waals surface area contributed by atoms with E-state index >= 15 is 0 Å². The first kappa shape index (κ1) is 19.7. The predicted octanol–water partition coefficient (Wildman–Crippen LogP) is 4.54. The Morgan fingerprint density at radius 1 is 1.05 bits per heavy atom. The zero-order valence-electron chi connectivity index (χ0n) is 11.8. The molecule has 0 heterocycles. The van der Waals surface area contributed by atoms with Crippen molar-refractivity contribution in [1.82, 2.24) is 0 Å². The summed E-state index contributed by atoms with van der Waals surface area (Å²) >= 11 is 0. The second-order valence-corrected chi connectivity index (χ2v) is 5.85. The Balaban J connectivity index is 0.00000361. The molecule has 0 aliphatic heterocycles. The van der Waals surface area contributed by atoms with Crippen LogP contribution in [0.4, 0.5) is 0 Å². The first-order chi connectivity index (χ1) is 9.14. The number of hydrogen-bond acceptors (Lipinski definition) is 3. The summed E-state index contributed by atoms with van der Waals surface area (Å²) in [7, 11) is -3.98. The van der Waals surface area contributed by atoms with Crippen molar-refractivity contribution in [3.8, 4) is 5.75 Å². The molecule has 1 N–H and O–H groups in total. The zero-order chi connectivity index (χ0) is 14.0. The molecule has 1 rings (SSSR count). The maximum absolute atomic E-state index is 11.6. The van der Waals surface area contributed by atoms with Gasteiger partial charge in [0.2, 0.25) is 0 Å². The molecular formula is C14H23NiO4P. The molecule has 0 fully saturated rings. The quantitative estimate of drug-likeness (QED) is 0.384. The third kappa shape index (κ3) is 9.55. The smallest absolute Gasteiger partial charge is 0.404 e. The summed E-state index contributed by atoms with van der Waals surface area (Å²) in [5.41, 5.74) is 0. The fraction of sp³-hybridized carbons (Fsp3) is 0.571. The minimum absolute atomic E-state index is 0. The minimum Gasteiger partial charge on any atom is -0.404 e. The van der Waals surface area contributed by atoms with Gasteiger partial charge in [-0.25, -0.2) is 4.57 Å². The van der Waals surface area contributed by atoms with Crippen molar-refractivity contribution < 1.29 is 35.0 Å². The van der Waals surface area contributed by atoms with Crippen LogP contribution in [0, 0.1) is 0 Å². The van der Waals surface area contributed by atoms with Gasteiger partial charge in [0.05, 0.1) is 6.61 Å². The monoisotopic (exact) mass is 344 g/mol. The van der Waals surface area contributed by atoms with Crippen LogP contribution in [-0.2, 0) is 25.6 Å². The maximum atomic E-state index is 11.6. The average molecular weight is 345 g/mol. The summed E-state index contributed by atoms with van der Waals surface area (Å²) in [5, 5.41) is 0. The van der Waals surface area contributed by atoms with Crippen molar-refractivity contribution in [2.45, 2.75) is 45.4 Å². The van der Waals surface area contributed by atoms with Crippen molar-refractivity contribution in [1.29, 1.82) is 0 Å². The first-order valence-corrected chi connectivity index (χ1v) is 8.35. The van der Waals surface area contributed by atoms with Crippen LogP contribution in [0.25, 0.3) is 0 Å². The van der Waals surface area contributed by atoms with E-state index in [1.54, 1.807) is 24.3 Å². The number of phosphoric ester groups is 1. The Labute approximate surface area is 131 Å². The second kappa shape index (κ2) is 11.3. The van der Waals surface area contributed by atoms with Crippen LogP contribution in [0.3, 0.4) is 0 Å². The third-order valence-corrected chi connectivity index (χ3v) is 3.67. The topological polar surface area (TPSA) is 55.8 Å². The molecule has 0 spiro atoms. The Morgan fingerprint density at radius 3 is 2.30 bits per heavy atom. The van der Waals surface area contributed by atoms with E-state index in [-0.39, 0.29) is 23.1 Å². The Hall–Kier alpha value is -0.336. The fourth-order valence-corrected chi connectivity index (χ4v) is 2.50. The van der Waals surface area contributed by atoms with E-state index in [1.807, 2.05) is 6.07 Å². The molecule has 0 bridgehead atoms. The van der Waals surface area contributed by atoms with E-state index in [9.17, 15) is 9.46 Å². The summed E-state index contributed by atoms with van der Waals surface area (Å²) < 4.78 is 21.5. The molecule has 1 aromatic rings. The summed E-state index contributed by atoms with van der Waals surface area (Å²) in [5.74, 6) is 0.344. The van der Waals surface area contributed by atoms with E-state index in [4.69, 9.17) is 9.05 Å². The number of unbranched alkanes of at least 4 members (excludes halogenated alkanes) is 5. The maximum Gasteiger partial charge on any atom is 0.527 e. The van der Waals surface area contributed by atoms with Crippen molar-refractivity contribution in [2.24, 2.45) is 0 Å². The summed E-state index contributed by atoms with van der Waals surface area (Å²) in [6, 6.07) is 8.53. The number of para-hydroxylation sites is 1. The molecule has 0 saturated carbocycles. The standard InChI is InChI=1S/C14H23O4P.Ni/c1-2-3-4-5-6-10-13-17-19(15,16)18-14-11-8-7-9-12-14;/h7-9,11-12H,2-6,10,13H2,1H3,(H,15,16);. The molecular weight excluding hydrogens is 322 g/mol. The van der Waals surface area contributed by atoms with E-state index in [0.29, 0.717) is 5.75 Å². The fourth-order valence-electron chi connectivity index (χ4n) is 1.70. The molecule has 1 atom stereocenters. The van der Waals surface area contributed by atoms with Gasteiger partial charge in [0.25, 0.3) is 0 Å². The number of rotatable bonds is 10. The van der Waals surface area contributed by atoms with Crippen molar-refractivity contribution >= 4 is 7.82 Å². The molecule has 1 unspecified atom stereocenters. The van der Waals surface area contributed by atoms with Gasteiger partial charge in [0.1, 0.15) is 5.75 Å². The van der Waals surface area contributed by atoms with Gasteiger partial charge in [0.15, 0.2) is 0 Å². The molecule has 6 heteroatoms. The molecule has 0 radical (unpaired) electrons. The normalized spacial score (nSPS) is 13.3. The molecule has 4 nitrogen and oxygen atoms in total. The average Bonchev–Trinajstić information content (AvgIpc) is 2.38. The second-order valence-electron chi connectivity index (χ2n) is 4.47. The first-order valence-electron chi connectivity index (χ1n) is 6.86. The van der Waals surface area contributed by atoms with E-state index in [0.717, 1.165) is 19.3 Å². The van der Waals surface area contributed by atoms with Gasteiger partial charge in [0, 0.05) is 16.5 Å². The van der Waals surface area contributed by atoms with Gasteiger partial charge in [-0.05, 0) is 18.6 Å². The van der Waals surface area contributed by atoms with E-state index < -0.39 is 7.82 Å². The molecule has 0 aliphatic carbocycles. The molecule has 1 aromatic carbocycles. The predicted molar refractivity (Wildman–Crippen MR) is 76.2 cm³/mol. The van der Waals surface area contributed by atoms with Gasteiger partial charge >= 0.3 is 7.82 Å². The zero-order valence-corrected chi connectivity index (χ0v) is 13.7. The molecule has 118 valence electrons. The van der Waals surface area contributed by atoms with Crippen LogP contribution in [0.15, 0.2) is 30.3 Å². The van der Waals surface area contributed by atoms with Gasteiger partial charge in [-0.1, -0.05) is 57.2 Å². The Morgan fingerprint density at radius 2 is 1.65 bits per heavy atom. The minimum atomic E-state index is -3.98. The third-order valence-electron chi connectivity index (χ3n) is 2.72. The van der Waals surface area contributed by atoms with Crippen LogP contribution < -0.4 is 4.52 Å². The van der Waals surface area contributed by atoms with Crippen LogP contribution in [0.1, 0.15) is 45.4 Å². The molecule has 0 aliphatic rings. The van der Waals surface area contributed by atoms with Gasteiger partial charge in [-0.15, -0.1) is 0 Å². The Bertz CT molecular complexity index is 386. The summed E-state index contributed by atoms with van der Waals surface area (Å²) in [6.45, 7) is 2.43. The summed E-state index contributed by atoms with van der Waals surface area (Å²) in [4.78, 5) is 9.52. The largest absolute Gasteiger partial charge is 0.527 e. The van der Waals surface area contributed by atoms with E-state index in [1.165, 1.54) is 19.3 Å². The number of hydrogen-bond donors (Lipinski definition) is 1.